The normalized spacial score (nSPS) is 44.6. The third-order valence-corrected chi connectivity index (χ3v) is 11.9. The van der Waals surface area contributed by atoms with E-state index in [1.54, 1.807) is 0 Å². The van der Waals surface area contributed by atoms with Crippen molar-refractivity contribution in [1.82, 2.24) is 9.88 Å². The summed E-state index contributed by atoms with van der Waals surface area (Å²) < 4.78 is 20.0. The second-order valence-corrected chi connectivity index (χ2v) is 13.8. The molecule has 8 atom stereocenters. The van der Waals surface area contributed by atoms with Gasteiger partial charge in [0.15, 0.2) is 5.79 Å². The van der Waals surface area contributed by atoms with Gasteiger partial charge in [0.2, 0.25) is 0 Å². The average molecular weight is 553 g/mol. The zero-order chi connectivity index (χ0) is 28.3. The van der Waals surface area contributed by atoms with Crippen molar-refractivity contribution in [2.24, 2.45) is 16.7 Å². The van der Waals surface area contributed by atoms with Crippen LogP contribution in [0.15, 0.2) is 29.5 Å². The highest BCUT2D eigenvalue weighted by atomic mass is 16.7. The third kappa shape index (κ3) is 3.12. The van der Waals surface area contributed by atoms with Gasteiger partial charge in [-0.1, -0.05) is 26.0 Å². The number of aromatic amines is 1. The number of rotatable bonds is 4. The van der Waals surface area contributed by atoms with Crippen molar-refractivity contribution < 1.29 is 29.2 Å². The Bertz CT molecular complexity index is 1320. The zero-order valence-corrected chi connectivity index (χ0v) is 24.5. The van der Waals surface area contributed by atoms with Crippen LogP contribution in [0.5, 0.6) is 0 Å². The molecule has 1 aromatic heterocycles. The molecule has 1 spiro atoms. The predicted octanol–water partition coefficient (Wildman–Crippen LogP) is 3.81. The zero-order valence-electron chi connectivity index (χ0n) is 24.5. The van der Waals surface area contributed by atoms with Crippen LogP contribution in [0.1, 0.15) is 80.9 Å². The number of nitrogens with zero attached hydrogens (tertiary/aromatic N) is 1. The van der Waals surface area contributed by atoms with Crippen molar-refractivity contribution in [2.75, 3.05) is 26.7 Å². The van der Waals surface area contributed by atoms with E-state index >= 15 is 0 Å². The van der Waals surface area contributed by atoms with Crippen molar-refractivity contribution >= 4 is 5.97 Å². The topological polar surface area (TPSA) is 104 Å². The van der Waals surface area contributed by atoms with Crippen LogP contribution >= 0.6 is 0 Å². The number of carbonyl (C=O) groups excluding carboxylic acids is 1. The summed E-state index contributed by atoms with van der Waals surface area (Å²) in [6.07, 6.45) is 9.66. The van der Waals surface area contributed by atoms with Gasteiger partial charge in [-0.25, -0.2) is 4.79 Å². The van der Waals surface area contributed by atoms with Gasteiger partial charge in [-0.05, 0) is 75.6 Å². The maximum absolute atomic E-state index is 13.5. The lowest BCUT2D eigenvalue weighted by Gasteiger charge is -2.73. The molecule has 0 amide bonds. The predicted molar refractivity (Wildman–Crippen MR) is 149 cm³/mol. The average Bonchev–Trinajstić information content (AvgIpc) is 3.37. The molecule has 1 aromatic rings. The fourth-order valence-corrected chi connectivity index (χ4v) is 10.0. The monoisotopic (exact) mass is 552 g/mol. The number of aliphatic hydroxyl groups is 2. The lowest BCUT2D eigenvalue weighted by Crippen LogP contribution is -2.79. The van der Waals surface area contributed by atoms with Crippen molar-refractivity contribution in [2.45, 2.75) is 102 Å². The van der Waals surface area contributed by atoms with E-state index in [9.17, 15) is 15.0 Å². The molecule has 8 nitrogen and oxygen atoms in total. The van der Waals surface area contributed by atoms with E-state index in [-0.39, 0.29) is 17.3 Å². The Morgan fingerprint density at radius 2 is 2.10 bits per heavy atom. The molecule has 0 radical (unpaired) electrons. The number of esters is 1. The fourth-order valence-electron chi connectivity index (χ4n) is 10.0. The summed E-state index contributed by atoms with van der Waals surface area (Å²) in [7, 11) is 2.10. The van der Waals surface area contributed by atoms with Crippen molar-refractivity contribution in [3.8, 4) is 0 Å². The number of fused-ring (bicyclic) bond motifs is 1. The van der Waals surface area contributed by atoms with Gasteiger partial charge in [0.1, 0.15) is 17.3 Å². The van der Waals surface area contributed by atoms with Gasteiger partial charge in [-0.2, -0.15) is 0 Å². The summed E-state index contributed by atoms with van der Waals surface area (Å²) in [6, 6.07) is 0. The van der Waals surface area contributed by atoms with Crippen LogP contribution in [-0.4, -0.2) is 82.0 Å². The van der Waals surface area contributed by atoms with Crippen molar-refractivity contribution in [1.29, 1.82) is 0 Å². The number of carbonyl (C=O) groups is 1. The Morgan fingerprint density at radius 3 is 2.88 bits per heavy atom. The molecule has 5 fully saturated rings. The number of likely N-dealkylation sites (N-methyl/N-ethyl adjacent to an activating group) is 1. The molecule has 7 aliphatic rings. The summed E-state index contributed by atoms with van der Waals surface area (Å²) >= 11 is 0. The van der Waals surface area contributed by atoms with Gasteiger partial charge in [0.25, 0.3) is 0 Å². The number of hydrogen-bond acceptors (Lipinski definition) is 7. The first-order valence-electron chi connectivity index (χ1n) is 15.2. The Balaban J connectivity index is 1.32. The number of nitrogens with one attached hydrogen (secondary N) is 1. The molecule has 8 rings (SSSR count). The number of aliphatic hydroxyl groups excluding tert-OH is 1. The van der Waals surface area contributed by atoms with Crippen molar-refractivity contribution in [3.63, 3.8) is 0 Å². The molecule has 40 heavy (non-hydrogen) atoms. The molecule has 0 aromatic carbocycles. The van der Waals surface area contributed by atoms with Crippen LogP contribution in [0.2, 0.25) is 0 Å². The van der Waals surface area contributed by atoms with Crippen LogP contribution in [0, 0.1) is 23.7 Å². The smallest absolute Gasteiger partial charge is 0.340 e. The lowest BCUT2D eigenvalue weighted by atomic mass is 9.41. The van der Waals surface area contributed by atoms with Gasteiger partial charge >= 0.3 is 5.97 Å². The van der Waals surface area contributed by atoms with Gasteiger partial charge in [-0.15, -0.1) is 0 Å². The minimum atomic E-state index is -1.22. The molecule has 4 heterocycles. The summed E-state index contributed by atoms with van der Waals surface area (Å²) in [4.78, 5) is 19.0. The number of aryl methyl sites for hydroxylation is 2. The highest BCUT2D eigenvalue weighted by Crippen LogP contribution is 2.74. The van der Waals surface area contributed by atoms with Crippen LogP contribution in [0.3, 0.4) is 0 Å². The third-order valence-electron chi connectivity index (χ3n) is 11.9. The molecule has 4 aliphatic carbocycles. The van der Waals surface area contributed by atoms with Gasteiger partial charge in [0, 0.05) is 48.7 Å². The number of allylic oxidation sites excluding steroid dienone is 1. The fraction of sp³-hybridized carbons (Fsp3) is 0.719. The van der Waals surface area contributed by atoms with E-state index < -0.39 is 34.6 Å². The molecular weight excluding hydrogens is 508 g/mol. The lowest BCUT2D eigenvalue weighted by molar-refractivity contribution is -0.401. The molecule has 4 bridgehead atoms. The van der Waals surface area contributed by atoms with Crippen LogP contribution in [0.4, 0.5) is 0 Å². The van der Waals surface area contributed by atoms with E-state index in [0.717, 1.165) is 48.2 Å². The van der Waals surface area contributed by atoms with Crippen LogP contribution < -0.4 is 0 Å². The Morgan fingerprint density at radius 1 is 1.30 bits per heavy atom. The molecular formula is C32H44N2O6. The minimum Gasteiger partial charge on any atom is -0.454 e. The molecule has 3 unspecified atom stereocenters. The largest absolute Gasteiger partial charge is 0.454 e. The van der Waals surface area contributed by atoms with E-state index in [4.69, 9.17) is 14.2 Å². The van der Waals surface area contributed by atoms with E-state index in [0.29, 0.717) is 44.4 Å². The Kier molecular flexibility index (Phi) is 5.74. The molecule has 3 saturated heterocycles. The van der Waals surface area contributed by atoms with Gasteiger partial charge < -0.3 is 34.3 Å². The molecule has 3 N–H and O–H groups in total. The first-order chi connectivity index (χ1) is 19.0. The maximum atomic E-state index is 13.5. The molecule has 2 saturated carbocycles. The maximum Gasteiger partial charge on any atom is 0.340 e. The van der Waals surface area contributed by atoms with E-state index in [2.05, 4.69) is 36.0 Å². The second kappa shape index (κ2) is 8.54. The van der Waals surface area contributed by atoms with Crippen LogP contribution in [-0.2, 0) is 20.6 Å². The first kappa shape index (κ1) is 26.9. The number of ether oxygens (including phenoxy) is 3. The summed E-state index contributed by atoms with van der Waals surface area (Å²) in [5.74, 6) is -1.29. The summed E-state index contributed by atoms with van der Waals surface area (Å²) in [5, 5.41) is 23.8. The molecule has 8 heteroatoms. The van der Waals surface area contributed by atoms with Crippen LogP contribution in [0.25, 0.3) is 0 Å². The summed E-state index contributed by atoms with van der Waals surface area (Å²) in [6.45, 7) is 10.2. The molecule has 3 aliphatic heterocycles. The highest BCUT2D eigenvalue weighted by molar-refractivity contribution is 5.92. The number of H-pyrrole nitrogens is 1. The standard InChI is InChI=1S/C32H44N2O6/c1-6-23-26(19(2)17-33-23)27(36)39-20(3)22-9-10-31-24-8-7-21-15-30(37)12-11-28(21,4)32(24,40-30)25(35)16-29(22,31)18-34(5)13-14-38-31/h8-9,17,20-21,25,33,35,37H,6-7,10-16,18H2,1-5H3/t20?,21-,25-,28+,29?,30+,31+,32?/m1/s1. The quantitative estimate of drug-likeness (QED) is 0.386. The van der Waals surface area contributed by atoms with E-state index in [1.807, 2.05) is 27.0 Å². The second-order valence-electron chi connectivity index (χ2n) is 13.8. The van der Waals surface area contributed by atoms with Gasteiger partial charge in [-0.3, -0.25) is 0 Å². The van der Waals surface area contributed by atoms with Crippen molar-refractivity contribution in [3.05, 3.63) is 46.3 Å². The Labute approximate surface area is 236 Å². The highest BCUT2D eigenvalue weighted by Gasteiger charge is 2.79. The first-order valence-corrected chi connectivity index (χ1v) is 15.2. The number of aromatic nitrogens is 1. The minimum absolute atomic E-state index is 0.252. The van der Waals surface area contributed by atoms with E-state index in [1.165, 1.54) is 0 Å². The number of hydrogen-bond donors (Lipinski definition) is 3. The summed E-state index contributed by atoms with van der Waals surface area (Å²) in [5.41, 5.74) is 1.80. The SMILES string of the molecule is CCc1[nH]cc(C)c1C(=O)OC(C)C1=CC[C@@]23OCCN(C)CC12C[C@@H](O)C12O[C@@]4(O)CC[C@@]1(C)[C@H](CC=C23)C4. The molecule has 218 valence electrons. The Hall–Kier alpha value is -1.97. The van der Waals surface area contributed by atoms with Gasteiger partial charge in [0.05, 0.1) is 18.3 Å².